The number of aliphatic hydroxyl groups is 4. The number of rotatable bonds is 17. The third kappa shape index (κ3) is 16.7. The van der Waals surface area contributed by atoms with Crippen LogP contribution in [0.2, 0.25) is 0 Å². The Hall–Kier alpha value is -15.1. The summed E-state index contributed by atoms with van der Waals surface area (Å²) in [5.41, 5.74) is 32.4. The van der Waals surface area contributed by atoms with Gasteiger partial charge in [0.15, 0.2) is 67.9 Å². The number of phenols is 1. The number of benzene rings is 5. The number of β-amino-alcohol motifs (C(OH)–C–C–N with tert-alkyl or cyclic N) is 1. The van der Waals surface area contributed by atoms with E-state index in [1.807, 2.05) is 132 Å². The molecule has 0 spiro atoms. The normalized spacial score (nSPS) is 15.6. The number of nitrogens with two attached hydrogens (primary N) is 3. The van der Waals surface area contributed by atoms with E-state index in [1.54, 1.807) is 79.3 Å². The molecule has 4 fully saturated rings. The third-order valence-corrected chi connectivity index (χ3v) is 22.6. The maximum Gasteiger partial charge on any atom is 0.229 e. The third-order valence-electron chi connectivity index (χ3n) is 22.6. The number of pyridine rings is 3. The molecule has 4 saturated heterocycles. The number of aliphatic hydroxyl groups excluding tert-OH is 3. The number of piperazine rings is 2. The van der Waals surface area contributed by atoms with Crippen molar-refractivity contribution in [3.63, 3.8) is 0 Å². The van der Waals surface area contributed by atoms with Gasteiger partial charge in [-0.15, -0.1) is 0 Å². The number of nitrogens with zero attached hydrogens (tertiary/aromatic N) is 28. The molecule has 21 rings (SSSR count). The topological polar surface area (TPSA) is 433 Å². The van der Waals surface area contributed by atoms with Crippen molar-refractivity contribution in [1.82, 2.24) is 103 Å². The molecule has 0 bridgehead atoms. The smallest absolute Gasteiger partial charge is 0.229 e. The van der Waals surface area contributed by atoms with Crippen LogP contribution in [-0.2, 0) is 25.2 Å². The van der Waals surface area contributed by atoms with Gasteiger partial charge in [0.05, 0.1) is 54.4 Å². The van der Waals surface area contributed by atoms with Gasteiger partial charge in [0.1, 0.15) is 30.3 Å². The summed E-state index contributed by atoms with van der Waals surface area (Å²) >= 11 is 0. The van der Waals surface area contributed by atoms with E-state index in [-0.39, 0.29) is 25.6 Å². The summed E-state index contributed by atoms with van der Waals surface area (Å²) < 4.78 is 9.22. The van der Waals surface area contributed by atoms with Gasteiger partial charge >= 0.3 is 0 Å². The van der Waals surface area contributed by atoms with Gasteiger partial charge in [0.25, 0.3) is 0 Å². The Bertz CT molecular complexity index is 6490. The number of fused-ring (bicyclic) bond motifs is 5. The lowest BCUT2D eigenvalue weighted by Crippen LogP contribution is -2.47. The number of phenolic OH excluding ortho intramolecular Hbond substituents is 1. The standard InChI is InChI=1S/C25H26N8O3.C22H24N8O.C21H22N8.C20H19N7O/c34-14-13-32-16-26-22-23(32)27-25(31-11-9-30(10-12-31)17-5-7-18(36)8-6-17)28-24(22)33-21-4-2-1-3-19(21)20(15-35)29-33;23-20-19-21(30(15-25-19)18-5-8-24-9-6-18)27-22(26-20)29-12-10-28(11-13-29)17-3-1-16(2-4-17)7-14-31;22-19-18-20(29(15-24-18)17-7-9-23-10-8-17)26-21(25-19)28-12-4-11-27(13-14-28)16-5-2-1-3-6-16;21-17-16-18(27(13-23-16)15-6-9-22-10-7-15)25-19(24-17)26-11-8-20(28,12-26)14-4-2-1-3-5-14/h1-8,16,34-36H,9-15H2;1-6,8-9,15,31H,7,10-14H2,(H2,23,26,27);1-3,5-10,15H,4,11-14H2,(H2,22,25,26);1-7,9-10,13,28H,8,11-12H2,(H2,21,24,25). The van der Waals surface area contributed by atoms with Gasteiger partial charge in [-0.25, -0.2) is 24.6 Å². The zero-order chi connectivity index (χ0) is 84.6. The molecule has 0 amide bonds. The largest absolute Gasteiger partial charge is 0.508 e. The Balaban J connectivity index is 0.000000113. The van der Waals surface area contributed by atoms with Crippen LogP contribution in [0, 0.1) is 0 Å². The minimum atomic E-state index is -0.931. The van der Waals surface area contributed by atoms with Crippen molar-refractivity contribution in [3.8, 4) is 28.6 Å². The SMILES string of the molecule is Nc1nc(N2CCC(O)(c3ccccc3)C2)nc2c1ncn2-c1ccncc1.Nc1nc(N2CCCN(c3ccccc3)CC2)nc2c1ncn2-c1ccncc1.Nc1nc(N2CCN(c3ccc(CCO)cc3)CC2)nc2c1ncn2-c1ccncc1.OCCn1cnc2c(-n3nc(CO)c4ccccc43)nc(N3CCN(c4ccc(O)cc4)CC3)nc21. The number of aromatic nitrogens is 21. The average molecular weight is 1660 g/mol. The molecule has 4 aliphatic rings. The maximum atomic E-state index is 11.1. The molecule has 12 aromatic heterocycles. The number of nitrogen functional groups attached to an aromatic ring is 3. The molecule has 1 unspecified atom stereocenters. The van der Waals surface area contributed by atoms with Crippen molar-refractivity contribution in [1.29, 1.82) is 0 Å². The number of para-hydroxylation sites is 2. The summed E-state index contributed by atoms with van der Waals surface area (Å²) in [7, 11) is 0. The predicted octanol–water partition coefficient (Wildman–Crippen LogP) is 7.74. The summed E-state index contributed by atoms with van der Waals surface area (Å²) in [5.74, 6) is 4.23. The number of anilines is 10. The van der Waals surface area contributed by atoms with Crippen LogP contribution >= 0.6 is 0 Å². The van der Waals surface area contributed by atoms with Crippen molar-refractivity contribution in [2.75, 3.05) is 156 Å². The van der Waals surface area contributed by atoms with Crippen LogP contribution in [0.3, 0.4) is 0 Å². The number of hydrogen-bond acceptors (Lipinski definition) is 31. The first kappa shape index (κ1) is 79.9. The van der Waals surface area contributed by atoms with Crippen molar-refractivity contribution in [2.45, 2.75) is 38.0 Å². The Labute approximate surface area is 710 Å². The summed E-state index contributed by atoms with van der Waals surface area (Å²) in [6.45, 7) is 11.3. The van der Waals surface area contributed by atoms with Gasteiger partial charge in [0.2, 0.25) is 23.8 Å². The van der Waals surface area contributed by atoms with Gasteiger partial charge in [-0.05, 0) is 121 Å². The Morgan fingerprint density at radius 2 is 0.790 bits per heavy atom. The van der Waals surface area contributed by atoms with E-state index in [0.29, 0.717) is 143 Å². The summed E-state index contributed by atoms with van der Waals surface area (Å²) in [6, 6.07) is 55.0. The molecule has 4 aliphatic heterocycles. The minimum Gasteiger partial charge on any atom is -0.508 e. The van der Waals surface area contributed by atoms with Crippen LogP contribution in [0.4, 0.5) is 58.3 Å². The van der Waals surface area contributed by atoms with Gasteiger partial charge < -0.3 is 81.6 Å². The molecular formula is C88H91N31O5. The van der Waals surface area contributed by atoms with Crippen LogP contribution in [-0.4, -0.2) is 233 Å². The fourth-order valence-electron chi connectivity index (χ4n) is 16.1. The highest BCUT2D eigenvalue weighted by molar-refractivity contribution is 5.89. The zero-order valence-electron chi connectivity index (χ0n) is 67.8. The van der Waals surface area contributed by atoms with Crippen LogP contribution in [0.1, 0.15) is 29.7 Å². The molecule has 11 N–H and O–H groups in total. The van der Waals surface area contributed by atoms with Gasteiger partial charge in [-0.2, -0.15) is 45.0 Å². The molecule has 16 heterocycles. The van der Waals surface area contributed by atoms with Crippen molar-refractivity contribution >= 4 is 114 Å². The summed E-state index contributed by atoms with van der Waals surface area (Å²) in [4.78, 5) is 83.1. The van der Waals surface area contributed by atoms with Crippen LogP contribution in [0.15, 0.2) is 232 Å². The monoisotopic (exact) mass is 1660 g/mol. The number of hydrogen-bond donors (Lipinski definition) is 8. The van der Waals surface area contributed by atoms with E-state index in [0.717, 1.165) is 117 Å². The Morgan fingerprint density at radius 1 is 0.371 bits per heavy atom. The molecule has 17 aromatic rings. The second-order valence-electron chi connectivity index (χ2n) is 30.3. The van der Waals surface area contributed by atoms with Gasteiger partial charge in [-0.3, -0.25) is 28.7 Å². The molecule has 36 heteroatoms. The molecule has 36 nitrogen and oxygen atoms in total. The van der Waals surface area contributed by atoms with Crippen LogP contribution < -0.4 is 51.5 Å². The van der Waals surface area contributed by atoms with Crippen molar-refractivity contribution in [3.05, 3.63) is 249 Å². The van der Waals surface area contributed by atoms with E-state index < -0.39 is 5.60 Å². The summed E-state index contributed by atoms with van der Waals surface area (Å²) in [5, 5.41) is 54.8. The highest BCUT2D eigenvalue weighted by Crippen LogP contribution is 2.37. The molecule has 5 aromatic carbocycles. The number of imidazole rings is 4. The molecule has 0 saturated carbocycles. The van der Waals surface area contributed by atoms with Crippen molar-refractivity contribution < 1.29 is 25.5 Å². The first-order chi connectivity index (χ1) is 60.8. The van der Waals surface area contributed by atoms with E-state index in [2.05, 4.69) is 133 Å². The summed E-state index contributed by atoms with van der Waals surface area (Å²) in [6.07, 6.45) is 19.5. The first-order valence-corrected chi connectivity index (χ1v) is 41.0. The van der Waals surface area contributed by atoms with E-state index >= 15 is 0 Å². The zero-order valence-corrected chi connectivity index (χ0v) is 67.8. The number of aromatic hydroxyl groups is 1. The lowest BCUT2D eigenvalue weighted by molar-refractivity contribution is 0.0606. The first-order valence-electron chi connectivity index (χ1n) is 41.0. The highest BCUT2D eigenvalue weighted by Gasteiger charge is 2.39. The fourth-order valence-corrected chi connectivity index (χ4v) is 16.1. The van der Waals surface area contributed by atoms with Crippen LogP contribution in [0.5, 0.6) is 5.75 Å². The molecule has 628 valence electrons. The van der Waals surface area contributed by atoms with Crippen molar-refractivity contribution in [2.24, 2.45) is 0 Å². The van der Waals surface area contributed by atoms with Gasteiger partial charge in [0, 0.05) is 158 Å². The molecule has 0 radical (unpaired) electrons. The maximum absolute atomic E-state index is 11.1. The quantitative estimate of drug-likeness (QED) is 0.0432. The van der Waals surface area contributed by atoms with Gasteiger partial charge in [-0.1, -0.05) is 78.9 Å². The lowest BCUT2D eigenvalue weighted by atomic mass is 9.93. The molecule has 1 atom stereocenters. The predicted molar refractivity (Wildman–Crippen MR) is 476 cm³/mol. The Kier molecular flexibility index (Phi) is 23.0. The lowest BCUT2D eigenvalue weighted by Gasteiger charge is -2.36. The fraction of sp³-hybridized carbons (Fsp3) is 0.250. The van der Waals surface area contributed by atoms with E-state index in [1.165, 1.54) is 11.4 Å². The minimum absolute atomic E-state index is 0.0369. The molecule has 0 aliphatic carbocycles. The second-order valence-corrected chi connectivity index (χ2v) is 30.3. The van der Waals surface area contributed by atoms with E-state index in [4.69, 9.17) is 47.2 Å². The Morgan fingerprint density at radius 3 is 1.29 bits per heavy atom. The van der Waals surface area contributed by atoms with E-state index in [9.17, 15) is 20.4 Å². The van der Waals surface area contributed by atoms with Crippen LogP contribution in [0.25, 0.3) is 78.4 Å². The molecular weight excluding hydrogens is 1570 g/mol. The highest BCUT2D eigenvalue weighted by atomic mass is 16.3. The molecule has 124 heavy (non-hydrogen) atoms. The second kappa shape index (κ2) is 35.7. The average Bonchev–Trinajstić information content (AvgIpc) is 1.61.